The summed E-state index contributed by atoms with van der Waals surface area (Å²) in [5.74, 6) is -0.786. The minimum atomic E-state index is -4.15. The van der Waals surface area contributed by atoms with Crippen molar-refractivity contribution < 1.29 is 18.0 Å². The lowest BCUT2D eigenvalue weighted by Crippen LogP contribution is -2.52. The van der Waals surface area contributed by atoms with Crippen molar-refractivity contribution in [2.75, 3.05) is 17.4 Å². The second-order valence-corrected chi connectivity index (χ2v) is 12.3. The molecule has 3 rings (SSSR count). The number of nitrogens with one attached hydrogen (secondary N) is 1. The van der Waals surface area contributed by atoms with E-state index in [1.54, 1.807) is 48.5 Å². The van der Waals surface area contributed by atoms with Crippen LogP contribution in [0.1, 0.15) is 44.2 Å². The van der Waals surface area contributed by atoms with Crippen molar-refractivity contribution in [1.29, 1.82) is 0 Å². The summed E-state index contributed by atoms with van der Waals surface area (Å²) in [5, 5.41) is 3.86. The molecular formula is C30H35Cl2N3O4S. The fraction of sp³-hybridized carbons (Fsp3) is 0.333. The van der Waals surface area contributed by atoms with E-state index < -0.39 is 28.5 Å². The van der Waals surface area contributed by atoms with Gasteiger partial charge >= 0.3 is 0 Å². The van der Waals surface area contributed by atoms with Crippen molar-refractivity contribution in [1.82, 2.24) is 10.2 Å². The maximum atomic E-state index is 14.0. The van der Waals surface area contributed by atoms with Gasteiger partial charge in [0.1, 0.15) is 12.6 Å². The average Bonchev–Trinajstić information content (AvgIpc) is 2.93. The summed E-state index contributed by atoms with van der Waals surface area (Å²) < 4.78 is 28.8. The number of carbonyl (C=O) groups excluding carboxylic acids is 2. The van der Waals surface area contributed by atoms with Gasteiger partial charge in [-0.25, -0.2) is 8.42 Å². The predicted octanol–water partition coefficient (Wildman–Crippen LogP) is 6.22. The van der Waals surface area contributed by atoms with Crippen LogP contribution in [0, 0.1) is 6.92 Å². The Labute approximate surface area is 247 Å². The number of anilines is 1. The van der Waals surface area contributed by atoms with Gasteiger partial charge in [0.25, 0.3) is 10.0 Å². The van der Waals surface area contributed by atoms with Crippen molar-refractivity contribution in [2.24, 2.45) is 0 Å². The van der Waals surface area contributed by atoms with Gasteiger partial charge in [-0.3, -0.25) is 13.9 Å². The SMILES string of the molecule is CCCCNC(=O)[C@H](CC)N(Cc1ccc(Cl)cc1)C(=O)CN(c1ccc(C)cc1)S(=O)(=O)c1ccc(Cl)cc1. The minimum Gasteiger partial charge on any atom is -0.354 e. The van der Waals surface area contributed by atoms with E-state index in [0.29, 0.717) is 28.7 Å². The molecule has 0 aliphatic rings. The van der Waals surface area contributed by atoms with Gasteiger partial charge in [0.15, 0.2) is 0 Å². The van der Waals surface area contributed by atoms with Crippen LogP contribution >= 0.6 is 23.2 Å². The van der Waals surface area contributed by atoms with Crippen molar-refractivity contribution in [3.63, 3.8) is 0 Å². The van der Waals surface area contributed by atoms with Gasteiger partial charge < -0.3 is 10.2 Å². The molecule has 0 aliphatic heterocycles. The lowest BCUT2D eigenvalue weighted by atomic mass is 10.1. The Morgan fingerprint density at radius 3 is 2.00 bits per heavy atom. The Kier molecular flexibility index (Phi) is 11.4. The summed E-state index contributed by atoms with van der Waals surface area (Å²) in [6.07, 6.45) is 2.08. The van der Waals surface area contributed by atoms with E-state index in [0.717, 1.165) is 28.3 Å². The van der Waals surface area contributed by atoms with Crippen LogP contribution in [0.15, 0.2) is 77.7 Å². The number of unbranched alkanes of at least 4 members (excludes halogenated alkanes) is 1. The van der Waals surface area contributed by atoms with Gasteiger partial charge in [-0.2, -0.15) is 0 Å². The molecule has 40 heavy (non-hydrogen) atoms. The van der Waals surface area contributed by atoms with Gasteiger partial charge in [-0.1, -0.05) is 73.3 Å². The first-order valence-corrected chi connectivity index (χ1v) is 15.4. The fourth-order valence-corrected chi connectivity index (χ4v) is 5.85. The molecule has 3 aromatic carbocycles. The molecule has 1 N–H and O–H groups in total. The lowest BCUT2D eigenvalue weighted by Gasteiger charge is -2.33. The Morgan fingerprint density at radius 2 is 1.45 bits per heavy atom. The molecule has 3 aromatic rings. The molecule has 0 saturated carbocycles. The average molecular weight is 605 g/mol. The van der Waals surface area contributed by atoms with E-state index in [9.17, 15) is 18.0 Å². The summed E-state index contributed by atoms with van der Waals surface area (Å²) in [6, 6.07) is 18.9. The molecule has 10 heteroatoms. The van der Waals surface area contributed by atoms with Gasteiger partial charge in [0.05, 0.1) is 10.6 Å². The molecule has 0 bridgehead atoms. The highest BCUT2D eigenvalue weighted by Crippen LogP contribution is 2.26. The van der Waals surface area contributed by atoms with Crippen molar-refractivity contribution >= 4 is 50.7 Å². The Balaban J connectivity index is 2.02. The zero-order valence-electron chi connectivity index (χ0n) is 22.9. The van der Waals surface area contributed by atoms with E-state index in [1.165, 1.54) is 29.2 Å². The minimum absolute atomic E-state index is 0.00104. The van der Waals surface area contributed by atoms with E-state index in [-0.39, 0.29) is 17.3 Å². The van der Waals surface area contributed by atoms with Crippen LogP contribution in [-0.4, -0.2) is 44.3 Å². The third-order valence-corrected chi connectivity index (χ3v) is 8.78. The zero-order valence-corrected chi connectivity index (χ0v) is 25.3. The third kappa shape index (κ3) is 8.22. The lowest BCUT2D eigenvalue weighted by molar-refractivity contribution is -0.140. The molecule has 7 nitrogen and oxygen atoms in total. The van der Waals surface area contributed by atoms with E-state index >= 15 is 0 Å². The molecule has 0 heterocycles. The fourth-order valence-electron chi connectivity index (χ4n) is 4.19. The number of amides is 2. The molecule has 0 fully saturated rings. The van der Waals surface area contributed by atoms with Crippen LogP contribution in [0.25, 0.3) is 0 Å². The van der Waals surface area contributed by atoms with Gasteiger partial charge in [-0.15, -0.1) is 0 Å². The van der Waals surface area contributed by atoms with Crippen LogP contribution in [0.3, 0.4) is 0 Å². The first-order chi connectivity index (χ1) is 19.1. The molecule has 1 atom stereocenters. The highest BCUT2D eigenvalue weighted by atomic mass is 35.5. The number of hydrogen-bond acceptors (Lipinski definition) is 4. The molecule has 2 amide bonds. The number of hydrogen-bond donors (Lipinski definition) is 1. The van der Waals surface area contributed by atoms with Crippen LogP contribution < -0.4 is 9.62 Å². The molecule has 0 unspecified atom stereocenters. The topological polar surface area (TPSA) is 86.8 Å². The number of nitrogens with zero attached hydrogens (tertiary/aromatic N) is 2. The molecule has 214 valence electrons. The van der Waals surface area contributed by atoms with Gasteiger partial charge in [0.2, 0.25) is 11.8 Å². The number of benzene rings is 3. The molecule has 0 spiro atoms. The molecule has 0 saturated heterocycles. The van der Waals surface area contributed by atoms with Crippen LogP contribution in [0.4, 0.5) is 5.69 Å². The molecule has 0 aromatic heterocycles. The van der Waals surface area contributed by atoms with E-state index in [4.69, 9.17) is 23.2 Å². The monoisotopic (exact) mass is 603 g/mol. The third-order valence-electron chi connectivity index (χ3n) is 6.48. The van der Waals surface area contributed by atoms with E-state index in [2.05, 4.69) is 5.32 Å². The standard InChI is InChI=1S/C30H35Cl2N3O4S/c1-4-6-19-33-30(37)28(5-2)34(20-23-9-11-24(31)12-10-23)29(36)21-35(26-15-7-22(3)8-16-26)40(38,39)27-17-13-25(32)14-18-27/h7-18,28H,4-6,19-21H2,1-3H3,(H,33,37)/t28-/m0/s1. The number of rotatable bonds is 13. The Bertz CT molecular complexity index is 1380. The van der Waals surface area contributed by atoms with Crippen molar-refractivity contribution in [3.05, 3.63) is 94.0 Å². The normalized spacial score (nSPS) is 12.0. The first kappa shape index (κ1) is 31.5. The highest BCUT2D eigenvalue weighted by molar-refractivity contribution is 7.92. The first-order valence-electron chi connectivity index (χ1n) is 13.2. The van der Waals surface area contributed by atoms with Crippen molar-refractivity contribution in [3.8, 4) is 0 Å². The van der Waals surface area contributed by atoms with Gasteiger partial charge in [-0.05, 0) is 73.9 Å². The van der Waals surface area contributed by atoms with Crippen LogP contribution in [0.5, 0.6) is 0 Å². The summed E-state index contributed by atoms with van der Waals surface area (Å²) in [5.41, 5.74) is 2.04. The number of aryl methyl sites for hydroxylation is 1. The second-order valence-electron chi connectivity index (χ2n) is 9.52. The summed E-state index contributed by atoms with van der Waals surface area (Å²) >= 11 is 12.1. The van der Waals surface area contributed by atoms with Crippen molar-refractivity contribution in [2.45, 2.75) is 57.5 Å². The summed E-state index contributed by atoms with van der Waals surface area (Å²) in [4.78, 5) is 28.7. The number of halogens is 2. The van der Waals surface area contributed by atoms with E-state index in [1.807, 2.05) is 20.8 Å². The van der Waals surface area contributed by atoms with Crippen LogP contribution in [-0.2, 0) is 26.2 Å². The number of carbonyl (C=O) groups is 2. The number of sulfonamides is 1. The quantitative estimate of drug-likeness (QED) is 0.235. The maximum Gasteiger partial charge on any atom is 0.264 e. The summed E-state index contributed by atoms with van der Waals surface area (Å²) in [6.45, 7) is 5.85. The Hall–Kier alpha value is -3.07. The maximum absolute atomic E-state index is 14.0. The molecule has 0 aliphatic carbocycles. The molecule has 0 radical (unpaired) electrons. The Morgan fingerprint density at radius 1 is 0.875 bits per heavy atom. The molecular weight excluding hydrogens is 569 g/mol. The summed E-state index contributed by atoms with van der Waals surface area (Å²) in [7, 11) is -4.15. The smallest absolute Gasteiger partial charge is 0.264 e. The zero-order chi connectivity index (χ0) is 29.3. The van der Waals surface area contributed by atoms with Gasteiger partial charge in [0, 0.05) is 23.1 Å². The highest BCUT2D eigenvalue weighted by Gasteiger charge is 2.33. The van der Waals surface area contributed by atoms with Crippen LogP contribution in [0.2, 0.25) is 10.0 Å². The second kappa shape index (κ2) is 14.5. The largest absolute Gasteiger partial charge is 0.354 e. The predicted molar refractivity (Wildman–Crippen MR) is 161 cm³/mol.